The van der Waals surface area contributed by atoms with Crippen molar-refractivity contribution < 1.29 is 29.1 Å². The summed E-state index contributed by atoms with van der Waals surface area (Å²) >= 11 is 0. The molecule has 0 spiro atoms. The highest BCUT2D eigenvalue weighted by atomic mass is 16.3. The fourth-order valence-electron chi connectivity index (χ4n) is 5.60. The fraction of sp³-hybridized carbons (Fsp3) is 0. The first-order valence-corrected chi connectivity index (χ1v) is 13.3. The predicted octanol–water partition coefficient (Wildman–Crippen LogP) is 12.0. The highest BCUT2D eigenvalue weighted by molar-refractivity contribution is 6.22. The minimum atomic E-state index is -0.724. The van der Waals surface area contributed by atoms with Crippen LogP contribution in [0.15, 0.2) is 162 Å². The van der Waals surface area contributed by atoms with Crippen molar-refractivity contribution in [3.8, 4) is 33.4 Å². The molecule has 0 unspecified atom stereocenters. The fourth-order valence-corrected chi connectivity index (χ4v) is 5.60. The minimum Gasteiger partial charge on any atom is -0.456 e. The first kappa shape index (κ1) is 12.3. The minimum absolute atomic E-state index is 0.0932. The zero-order chi connectivity index (χ0) is 44.0. The third-order valence-corrected chi connectivity index (χ3v) is 7.44. The lowest BCUT2D eigenvalue weighted by Crippen LogP contribution is -1.91. The van der Waals surface area contributed by atoms with Gasteiger partial charge in [-0.05, 0) is 95.9 Å². The van der Waals surface area contributed by atoms with Gasteiger partial charge < -0.3 is 4.42 Å². The summed E-state index contributed by atoms with van der Waals surface area (Å²) in [5.74, 6) is 0. The van der Waals surface area contributed by atoms with Crippen LogP contribution in [0.4, 0.5) is 0 Å². The van der Waals surface area contributed by atoms with Crippen LogP contribution in [0.5, 0.6) is 0 Å². The van der Waals surface area contributed by atoms with Crippen molar-refractivity contribution in [3.63, 3.8) is 0 Å². The van der Waals surface area contributed by atoms with E-state index in [1.54, 1.807) is 48.5 Å². The number of fused-ring (bicyclic) bond motifs is 6. The summed E-state index contributed by atoms with van der Waals surface area (Å²) in [6, 6.07) is 2.78. The van der Waals surface area contributed by atoms with Crippen molar-refractivity contribution in [2.75, 3.05) is 0 Å². The normalized spacial score (nSPS) is 17.6. The zero-order valence-electron chi connectivity index (χ0n) is 40.0. The molecule has 1 aromatic heterocycles. The van der Waals surface area contributed by atoms with Gasteiger partial charge in [-0.3, -0.25) is 0 Å². The van der Waals surface area contributed by atoms with E-state index in [9.17, 15) is 8.22 Å². The van der Waals surface area contributed by atoms with Gasteiger partial charge in [-0.15, -0.1) is 0 Å². The molecule has 0 N–H and O–H groups in total. The number of rotatable bonds is 3. The first-order valence-electron chi connectivity index (χ1n) is 22.3. The van der Waals surface area contributed by atoms with Gasteiger partial charge in [-0.25, -0.2) is 0 Å². The van der Waals surface area contributed by atoms with Crippen LogP contribution in [0, 0.1) is 0 Å². The molecule has 1 nitrogen and oxygen atoms in total. The van der Waals surface area contributed by atoms with Crippen molar-refractivity contribution in [2.24, 2.45) is 0 Å². The maximum atomic E-state index is 9.76. The number of hydrogen-bond donors (Lipinski definition) is 0. The summed E-state index contributed by atoms with van der Waals surface area (Å²) in [5, 5.41) is 0.527. The lowest BCUT2D eigenvalue weighted by molar-refractivity contribution is 0.669. The Morgan fingerprint density at radius 2 is 0.860 bits per heavy atom. The Morgan fingerprint density at radius 3 is 1.49 bits per heavy atom. The molecule has 0 bridgehead atoms. The number of benzene rings is 8. The van der Waals surface area contributed by atoms with Crippen LogP contribution in [0.2, 0.25) is 0 Å². The summed E-state index contributed by atoms with van der Waals surface area (Å²) in [6.45, 7) is 0. The third kappa shape index (κ3) is 3.79. The van der Waals surface area contributed by atoms with Crippen molar-refractivity contribution in [1.82, 2.24) is 0 Å². The maximum absolute atomic E-state index is 9.76. The van der Waals surface area contributed by atoms with Crippen molar-refractivity contribution >= 4 is 54.3 Å². The second-order valence-corrected chi connectivity index (χ2v) is 9.85. The van der Waals surface area contributed by atoms with Gasteiger partial charge >= 0.3 is 0 Å². The van der Waals surface area contributed by atoms with Gasteiger partial charge in [0.05, 0.1) is 24.7 Å². The highest BCUT2D eigenvalue weighted by Gasteiger charge is 2.18. The van der Waals surface area contributed by atoms with Gasteiger partial charge in [0.25, 0.3) is 0 Å². The number of hydrogen-bond acceptors (Lipinski definition) is 1. The lowest BCUT2D eigenvalue weighted by Gasteiger charge is -2.18. The Bertz CT molecular complexity index is 3430. The van der Waals surface area contributed by atoms with Gasteiger partial charge in [0.1, 0.15) is 11.2 Å². The Hall–Kier alpha value is -5.66. The third-order valence-electron chi connectivity index (χ3n) is 7.44. The standard InChI is InChI=1S/C42H26O/c1-2-10-27(11-3-1)30-20-22-39-37(25-30)38-26-32(21-23-40(38)43-39)42-35-16-8-6-14-33(35)41(34-15-7-9-17-36(34)42)31-19-18-28-12-4-5-13-29(28)24-31/h1-26H/i1D,2D,3D,4D,5D,10D,11D,12D,13D,18D,19D,20D,21D,22D,23D,24D,25D,26D. The molecule has 0 saturated carbocycles. The molecule has 0 radical (unpaired) electrons. The van der Waals surface area contributed by atoms with E-state index in [1.165, 1.54) is 0 Å². The van der Waals surface area contributed by atoms with Gasteiger partial charge in [0, 0.05) is 10.8 Å². The maximum Gasteiger partial charge on any atom is 0.135 e. The van der Waals surface area contributed by atoms with Crippen molar-refractivity contribution in [3.05, 3.63) is 157 Å². The molecule has 0 aliphatic rings. The molecule has 43 heavy (non-hydrogen) atoms. The monoisotopic (exact) mass is 564 g/mol. The van der Waals surface area contributed by atoms with E-state index in [1.807, 2.05) is 0 Å². The Labute approximate surface area is 274 Å². The van der Waals surface area contributed by atoms with Crippen LogP contribution >= 0.6 is 0 Å². The van der Waals surface area contributed by atoms with Crippen LogP contribution < -0.4 is 0 Å². The van der Waals surface area contributed by atoms with E-state index in [0.717, 1.165) is 0 Å². The summed E-state index contributed by atoms with van der Waals surface area (Å²) in [6.07, 6.45) is 0. The van der Waals surface area contributed by atoms with E-state index < -0.39 is 120 Å². The van der Waals surface area contributed by atoms with Crippen LogP contribution in [0.1, 0.15) is 24.7 Å². The second-order valence-electron chi connectivity index (χ2n) is 9.85. The van der Waals surface area contributed by atoms with Gasteiger partial charge in [0.15, 0.2) is 0 Å². The van der Waals surface area contributed by atoms with E-state index in [0.29, 0.717) is 21.5 Å². The molecular formula is C42H26O. The number of furan rings is 1. The molecule has 1 heteroatoms. The Balaban J connectivity index is 1.44. The molecule has 8 aromatic carbocycles. The molecule has 0 aliphatic carbocycles. The summed E-state index contributed by atoms with van der Waals surface area (Å²) in [4.78, 5) is 0. The van der Waals surface area contributed by atoms with E-state index in [4.69, 9.17) is 20.9 Å². The van der Waals surface area contributed by atoms with E-state index in [2.05, 4.69) is 0 Å². The molecule has 0 amide bonds. The average Bonchev–Trinajstić information content (AvgIpc) is 3.66. The predicted molar refractivity (Wildman–Crippen MR) is 183 cm³/mol. The molecule has 9 rings (SSSR count). The summed E-state index contributed by atoms with van der Waals surface area (Å²) in [7, 11) is 0. The molecule has 9 aromatic rings. The van der Waals surface area contributed by atoms with Crippen LogP contribution in [0.25, 0.3) is 87.6 Å². The molecule has 200 valence electrons. The first-order chi connectivity index (χ1) is 28.8. The molecule has 0 saturated heterocycles. The topological polar surface area (TPSA) is 13.1 Å². The van der Waals surface area contributed by atoms with Gasteiger partial charge in [0.2, 0.25) is 0 Å². The molecule has 0 fully saturated rings. The van der Waals surface area contributed by atoms with Crippen LogP contribution in [0.3, 0.4) is 0 Å². The van der Waals surface area contributed by atoms with E-state index in [-0.39, 0.29) is 55.0 Å². The SMILES string of the molecule is [2H]c1c([2H])c([2H])c(-c2c([2H])c([2H])c3oc4c([2H])c([2H])c(-c5c6ccccc6c(-c6c([2H])c([2H])c7c([2H])c([2H])c([2H])c([2H])c7c6[2H])c6ccccc56)c([2H])c4c3c2[2H])c([2H])c1[2H]. The van der Waals surface area contributed by atoms with E-state index >= 15 is 0 Å². The molecular weight excluding hydrogens is 520 g/mol. The smallest absolute Gasteiger partial charge is 0.135 e. The van der Waals surface area contributed by atoms with Gasteiger partial charge in [-0.1, -0.05) is 127 Å². The second kappa shape index (κ2) is 9.44. The van der Waals surface area contributed by atoms with Crippen molar-refractivity contribution in [2.45, 2.75) is 0 Å². The largest absolute Gasteiger partial charge is 0.456 e. The highest BCUT2D eigenvalue weighted by Crippen LogP contribution is 2.45. The lowest BCUT2D eigenvalue weighted by atomic mass is 9.85. The quantitative estimate of drug-likeness (QED) is 0.195. The molecule has 0 aliphatic heterocycles. The van der Waals surface area contributed by atoms with Crippen molar-refractivity contribution in [1.29, 1.82) is 0 Å². The summed E-state index contributed by atoms with van der Waals surface area (Å²) < 4.78 is 164. The van der Waals surface area contributed by atoms with Gasteiger partial charge in [-0.2, -0.15) is 0 Å². The van der Waals surface area contributed by atoms with Crippen LogP contribution in [-0.2, 0) is 0 Å². The summed E-state index contributed by atoms with van der Waals surface area (Å²) in [5.41, 5.74) is -1.40. The zero-order valence-corrected chi connectivity index (χ0v) is 22.0. The average molecular weight is 565 g/mol. The Morgan fingerprint density at radius 1 is 0.372 bits per heavy atom. The van der Waals surface area contributed by atoms with Crippen LogP contribution in [-0.4, -0.2) is 0 Å². The molecule has 0 atom stereocenters. The molecule has 1 heterocycles. The Kier molecular flexibility index (Phi) is 2.70.